The monoisotopic (exact) mass is 595 g/mol. The fourth-order valence-corrected chi connectivity index (χ4v) is 4.70. The van der Waals surface area contributed by atoms with Crippen molar-refractivity contribution in [2.45, 2.75) is 18.7 Å². The van der Waals surface area contributed by atoms with Crippen LogP contribution < -0.4 is 44.7 Å². The molecule has 1 amide bonds. The predicted octanol–water partition coefficient (Wildman–Crippen LogP) is 3.85. The number of carbonyl (C=O) groups excluding carboxylic acids is 1. The maximum atomic E-state index is 13.5. The van der Waals surface area contributed by atoms with Gasteiger partial charge in [0.25, 0.3) is 16.0 Å². The average molecular weight is 596 g/mol. The quantitative estimate of drug-likeness (QED) is 0.189. The van der Waals surface area contributed by atoms with Crippen molar-refractivity contribution in [3.63, 3.8) is 0 Å². The number of anilines is 1. The number of carbonyl (C=O) groups is 1. The smallest absolute Gasteiger partial charge is 0.870 e. The first kappa shape index (κ1) is 30.8. The third-order valence-electron chi connectivity index (χ3n) is 5.57. The maximum Gasteiger partial charge on any atom is 1.00 e. The Bertz CT molecular complexity index is 1710. The van der Waals surface area contributed by atoms with E-state index in [0.29, 0.717) is 23.1 Å². The summed E-state index contributed by atoms with van der Waals surface area (Å²) in [4.78, 5) is 12.7. The first-order chi connectivity index (χ1) is 18.0. The number of azo groups is 1. The normalized spacial score (nSPS) is 11.4. The SMILES string of the molecule is CCOc1ccc(Cl)c(NC(=O)c2cc3ccccc3c(N=Nc3c(S(=O)(=O)O)ccc(Cl)c3C)c2[O-])c1.[Na+]. The van der Waals surface area contributed by atoms with Crippen molar-refractivity contribution in [2.75, 3.05) is 11.9 Å². The molecule has 4 aromatic rings. The molecule has 0 bridgehead atoms. The minimum atomic E-state index is -4.68. The van der Waals surface area contributed by atoms with Crippen LogP contribution in [-0.4, -0.2) is 25.5 Å². The molecule has 0 aliphatic rings. The summed E-state index contributed by atoms with van der Waals surface area (Å²) in [6.45, 7) is 3.71. The van der Waals surface area contributed by atoms with Gasteiger partial charge in [0.2, 0.25) is 0 Å². The van der Waals surface area contributed by atoms with Gasteiger partial charge in [0.05, 0.1) is 23.0 Å². The topological polar surface area (TPSA) is 140 Å². The van der Waals surface area contributed by atoms with Crippen molar-refractivity contribution < 1.29 is 57.2 Å². The largest absolute Gasteiger partial charge is 1.00 e. The zero-order valence-corrected chi connectivity index (χ0v) is 25.4. The number of nitrogens with zero attached hydrogens (tertiary/aromatic N) is 2. The number of ether oxygens (including phenoxy) is 1. The van der Waals surface area contributed by atoms with Crippen LogP contribution in [0.5, 0.6) is 11.5 Å². The average Bonchev–Trinajstić information content (AvgIpc) is 2.86. The van der Waals surface area contributed by atoms with E-state index in [1.807, 2.05) is 6.92 Å². The second-order valence-electron chi connectivity index (χ2n) is 8.05. The molecule has 4 rings (SSSR count). The summed E-state index contributed by atoms with van der Waals surface area (Å²) in [5.41, 5.74) is -0.222. The van der Waals surface area contributed by atoms with Gasteiger partial charge in [0.15, 0.2) is 0 Å². The van der Waals surface area contributed by atoms with Gasteiger partial charge in [-0.2, -0.15) is 13.5 Å². The van der Waals surface area contributed by atoms with Crippen LogP contribution in [0.1, 0.15) is 22.8 Å². The summed E-state index contributed by atoms with van der Waals surface area (Å²) in [7, 11) is -4.68. The van der Waals surface area contributed by atoms with E-state index in [-0.39, 0.29) is 67.8 Å². The Morgan fingerprint density at radius 2 is 1.69 bits per heavy atom. The van der Waals surface area contributed by atoms with E-state index >= 15 is 0 Å². The Morgan fingerprint density at radius 1 is 1.03 bits per heavy atom. The summed E-state index contributed by atoms with van der Waals surface area (Å²) in [5, 5.41) is 25.4. The fourth-order valence-electron chi connectivity index (χ4n) is 3.71. The van der Waals surface area contributed by atoms with Gasteiger partial charge in [-0.1, -0.05) is 53.2 Å². The Labute approximate surface area is 256 Å². The molecule has 0 aliphatic carbocycles. The van der Waals surface area contributed by atoms with Crippen LogP contribution >= 0.6 is 23.2 Å². The molecule has 0 aromatic heterocycles. The van der Waals surface area contributed by atoms with E-state index in [1.165, 1.54) is 25.1 Å². The molecule has 2 N–H and O–H groups in total. The number of hydrogen-bond acceptors (Lipinski definition) is 7. The zero-order valence-electron chi connectivity index (χ0n) is 21.0. The molecular weight excluding hydrogens is 576 g/mol. The minimum absolute atomic E-state index is 0. The van der Waals surface area contributed by atoms with Crippen LogP contribution in [0.2, 0.25) is 10.0 Å². The molecule has 0 saturated carbocycles. The Hall–Kier alpha value is -2.70. The summed E-state index contributed by atoms with van der Waals surface area (Å²) in [5.74, 6) is -1.02. The second kappa shape index (κ2) is 12.6. The molecule has 9 nitrogen and oxygen atoms in total. The van der Waals surface area contributed by atoms with E-state index in [1.54, 1.807) is 36.4 Å². The van der Waals surface area contributed by atoms with Gasteiger partial charge in [0.1, 0.15) is 16.3 Å². The Balaban J connectivity index is 0.00000420. The molecule has 0 fully saturated rings. The number of halogens is 2. The van der Waals surface area contributed by atoms with E-state index in [4.69, 9.17) is 27.9 Å². The van der Waals surface area contributed by atoms with Crippen LogP contribution in [0, 0.1) is 6.92 Å². The maximum absolute atomic E-state index is 13.5. The first-order valence-electron chi connectivity index (χ1n) is 11.2. The molecule has 0 spiro atoms. The van der Waals surface area contributed by atoms with E-state index in [0.717, 1.165) is 6.07 Å². The minimum Gasteiger partial charge on any atom is -0.870 e. The van der Waals surface area contributed by atoms with E-state index < -0.39 is 26.7 Å². The summed E-state index contributed by atoms with van der Waals surface area (Å²) in [6.07, 6.45) is 0. The molecule has 0 atom stereocenters. The van der Waals surface area contributed by atoms with Gasteiger partial charge in [0, 0.05) is 22.0 Å². The van der Waals surface area contributed by atoms with Gasteiger partial charge in [-0.25, -0.2) is 0 Å². The van der Waals surface area contributed by atoms with E-state index in [9.17, 15) is 22.9 Å². The van der Waals surface area contributed by atoms with Crippen molar-refractivity contribution in [2.24, 2.45) is 10.2 Å². The fraction of sp³-hybridized carbons (Fsp3) is 0.115. The van der Waals surface area contributed by atoms with Crippen LogP contribution in [0.3, 0.4) is 0 Å². The van der Waals surface area contributed by atoms with Crippen molar-refractivity contribution >= 4 is 67.1 Å². The number of fused-ring (bicyclic) bond motifs is 1. The number of rotatable bonds is 7. The molecule has 0 saturated heterocycles. The van der Waals surface area contributed by atoms with Crippen molar-refractivity contribution in [1.29, 1.82) is 0 Å². The molecule has 13 heteroatoms. The molecule has 0 heterocycles. The third-order valence-corrected chi connectivity index (χ3v) is 7.20. The van der Waals surface area contributed by atoms with Gasteiger partial charge in [-0.05, 0) is 55.1 Å². The number of amides is 1. The predicted molar refractivity (Wildman–Crippen MR) is 144 cm³/mol. The van der Waals surface area contributed by atoms with Crippen LogP contribution in [-0.2, 0) is 10.1 Å². The summed E-state index contributed by atoms with van der Waals surface area (Å²) >= 11 is 12.3. The summed E-state index contributed by atoms with van der Waals surface area (Å²) < 4.78 is 38.9. The van der Waals surface area contributed by atoms with Crippen molar-refractivity contribution in [3.05, 3.63) is 81.8 Å². The molecule has 39 heavy (non-hydrogen) atoms. The zero-order chi connectivity index (χ0) is 27.6. The molecule has 0 radical (unpaired) electrons. The molecule has 0 aliphatic heterocycles. The van der Waals surface area contributed by atoms with Crippen molar-refractivity contribution in [1.82, 2.24) is 0 Å². The number of benzene rings is 4. The van der Waals surface area contributed by atoms with Crippen LogP contribution in [0.15, 0.2) is 75.8 Å². The molecule has 4 aromatic carbocycles. The number of nitrogens with one attached hydrogen (secondary N) is 1. The van der Waals surface area contributed by atoms with Crippen LogP contribution in [0.25, 0.3) is 10.8 Å². The van der Waals surface area contributed by atoms with Crippen molar-refractivity contribution in [3.8, 4) is 11.5 Å². The van der Waals surface area contributed by atoms with Gasteiger partial charge in [-0.15, -0.1) is 5.11 Å². The molecule has 196 valence electrons. The van der Waals surface area contributed by atoms with Crippen LogP contribution in [0.4, 0.5) is 17.1 Å². The molecule has 0 unspecified atom stereocenters. The summed E-state index contributed by atoms with van der Waals surface area (Å²) in [6, 6.07) is 15.2. The molecular formula is C26H20Cl2N3NaO6S. The van der Waals surface area contributed by atoms with Gasteiger partial charge in [-0.3, -0.25) is 9.35 Å². The standard InChI is InChI=1S/C26H21Cl2N3O6S.Na/c1-3-37-16-8-9-20(28)21(13-16)29-26(33)18-12-15-6-4-5-7-17(15)24(25(18)32)31-30-23-14(2)19(27)10-11-22(23)38(34,35)36;/h4-13,32H,3H2,1-2H3,(H,29,33)(H,34,35,36);/q;+1/p-1. The van der Waals surface area contributed by atoms with E-state index in [2.05, 4.69) is 15.5 Å². The van der Waals surface area contributed by atoms with Gasteiger partial charge < -0.3 is 15.2 Å². The Morgan fingerprint density at radius 3 is 2.38 bits per heavy atom. The number of hydrogen-bond donors (Lipinski definition) is 2. The third kappa shape index (κ3) is 6.72. The second-order valence-corrected chi connectivity index (χ2v) is 10.3. The Kier molecular flexibility index (Phi) is 10.0. The first-order valence-corrected chi connectivity index (χ1v) is 13.4. The van der Waals surface area contributed by atoms with Gasteiger partial charge >= 0.3 is 29.6 Å².